The van der Waals surface area contributed by atoms with Crippen molar-refractivity contribution in [1.82, 2.24) is 19.9 Å². The number of aromatic nitrogens is 2. The van der Waals surface area contributed by atoms with E-state index in [2.05, 4.69) is 10.1 Å². The summed E-state index contributed by atoms with van der Waals surface area (Å²) < 4.78 is 11.0. The smallest absolute Gasteiger partial charge is 0.410 e. The summed E-state index contributed by atoms with van der Waals surface area (Å²) in [5.74, 6) is 0.0133. The molecule has 3 aliphatic rings. The maximum Gasteiger partial charge on any atom is 0.410 e. The summed E-state index contributed by atoms with van der Waals surface area (Å²) in [6.07, 6.45) is 3.79. The molecule has 2 saturated heterocycles. The maximum absolute atomic E-state index is 13.5. The lowest BCUT2D eigenvalue weighted by Crippen LogP contribution is -2.48. The van der Waals surface area contributed by atoms with E-state index >= 15 is 0 Å². The molecule has 0 unspecified atom stereocenters. The van der Waals surface area contributed by atoms with Crippen LogP contribution in [0.15, 0.2) is 4.52 Å². The normalized spacial score (nSPS) is 21.2. The third-order valence-corrected chi connectivity index (χ3v) is 6.14. The summed E-state index contributed by atoms with van der Waals surface area (Å²) in [6, 6.07) is 0. The van der Waals surface area contributed by atoms with Crippen LogP contribution < -0.4 is 0 Å². The topological polar surface area (TPSA) is 88.8 Å². The first-order valence-corrected chi connectivity index (χ1v) is 9.48. The zero-order valence-electron chi connectivity index (χ0n) is 15.6. The molecule has 0 radical (unpaired) electrons. The molecular formula is C19H22N4O4. The first-order valence-electron chi connectivity index (χ1n) is 9.48. The van der Waals surface area contributed by atoms with Gasteiger partial charge in [-0.15, -0.1) is 0 Å². The first kappa shape index (κ1) is 16.5. The number of nitrogens with zero attached hydrogens (tertiary/aromatic N) is 4. The lowest BCUT2D eigenvalue weighted by molar-refractivity contribution is 0.00320. The highest BCUT2D eigenvalue weighted by Crippen LogP contribution is 2.36. The van der Waals surface area contributed by atoms with Gasteiger partial charge in [0.05, 0.1) is 23.2 Å². The Morgan fingerprint density at radius 3 is 2.70 bits per heavy atom. The molecule has 2 aromatic heterocycles. The van der Waals surface area contributed by atoms with Crippen LogP contribution in [0.1, 0.15) is 46.6 Å². The van der Waals surface area contributed by atoms with Gasteiger partial charge in [-0.25, -0.2) is 9.78 Å². The van der Waals surface area contributed by atoms with Crippen LogP contribution in [-0.2, 0) is 17.6 Å². The molecule has 0 saturated carbocycles. The van der Waals surface area contributed by atoms with Gasteiger partial charge in [-0.2, -0.15) is 0 Å². The van der Waals surface area contributed by atoms with Gasteiger partial charge in [0.15, 0.2) is 0 Å². The summed E-state index contributed by atoms with van der Waals surface area (Å²) in [4.78, 5) is 33.3. The zero-order chi connectivity index (χ0) is 18.8. The quantitative estimate of drug-likeness (QED) is 0.764. The average molecular weight is 370 g/mol. The number of carbonyl (C=O) groups is 2. The van der Waals surface area contributed by atoms with Crippen molar-refractivity contribution in [2.45, 2.75) is 44.6 Å². The number of hydrogen-bond donors (Lipinski definition) is 0. The van der Waals surface area contributed by atoms with Gasteiger partial charge in [-0.3, -0.25) is 4.79 Å². The second kappa shape index (κ2) is 5.68. The molecule has 1 aliphatic carbocycles. The number of carbonyl (C=O) groups excluding carboxylic acids is 2. The Hall–Kier alpha value is -2.64. The summed E-state index contributed by atoms with van der Waals surface area (Å²) in [5, 5.41) is 4.77. The second-order valence-electron chi connectivity index (χ2n) is 7.91. The van der Waals surface area contributed by atoms with Crippen LogP contribution in [0.3, 0.4) is 0 Å². The van der Waals surface area contributed by atoms with Crippen molar-refractivity contribution in [3.63, 3.8) is 0 Å². The molecule has 1 spiro atoms. The van der Waals surface area contributed by atoms with Crippen molar-refractivity contribution < 1.29 is 18.8 Å². The highest BCUT2D eigenvalue weighted by atomic mass is 16.6. The molecule has 4 heterocycles. The minimum absolute atomic E-state index is 0.0133. The van der Waals surface area contributed by atoms with E-state index in [-0.39, 0.29) is 12.0 Å². The number of piperidine rings is 1. The van der Waals surface area contributed by atoms with E-state index in [4.69, 9.17) is 9.26 Å². The minimum atomic E-state index is -0.453. The maximum atomic E-state index is 13.5. The van der Waals surface area contributed by atoms with Gasteiger partial charge in [-0.1, -0.05) is 5.16 Å². The van der Waals surface area contributed by atoms with Crippen LogP contribution >= 0.6 is 0 Å². The number of aryl methyl sites for hydroxylation is 2. The van der Waals surface area contributed by atoms with Crippen molar-refractivity contribution >= 4 is 23.1 Å². The van der Waals surface area contributed by atoms with E-state index < -0.39 is 5.60 Å². The van der Waals surface area contributed by atoms with Crippen LogP contribution in [0.5, 0.6) is 0 Å². The molecular weight excluding hydrogens is 348 g/mol. The lowest BCUT2D eigenvalue weighted by Gasteiger charge is -2.37. The molecule has 2 amide bonds. The van der Waals surface area contributed by atoms with Crippen molar-refractivity contribution in [2.75, 3.05) is 26.7 Å². The summed E-state index contributed by atoms with van der Waals surface area (Å²) in [6.45, 7) is 3.59. The van der Waals surface area contributed by atoms with Crippen LogP contribution in [-0.4, -0.2) is 64.2 Å². The van der Waals surface area contributed by atoms with Crippen molar-refractivity contribution in [2.24, 2.45) is 0 Å². The standard InChI is InChI=1S/C19H22N4O4/c1-11-14-15(12-4-3-5-13(12)20-16(14)27-21-11)17(24)23-8-6-19(7-9-23)10-22(2)18(25)26-19/h3-10H2,1-2H3. The Balaban J connectivity index is 1.46. The number of rotatable bonds is 1. The first-order chi connectivity index (χ1) is 13.0. The number of hydrogen-bond acceptors (Lipinski definition) is 6. The summed E-state index contributed by atoms with van der Waals surface area (Å²) in [5.41, 5.74) is 3.42. The molecule has 27 heavy (non-hydrogen) atoms. The Bertz CT molecular complexity index is 958. The van der Waals surface area contributed by atoms with Gasteiger partial charge in [-0.05, 0) is 31.7 Å². The molecule has 142 valence electrons. The van der Waals surface area contributed by atoms with Gasteiger partial charge in [0, 0.05) is 38.7 Å². The van der Waals surface area contributed by atoms with Crippen LogP contribution in [0, 0.1) is 6.92 Å². The highest BCUT2D eigenvalue weighted by molar-refractivity contribution is 6.07. The van der Waals surface area contributed by atoms with E-state index in [1.54, 1.807) is 11.9 Å². The minimum Gasteiger partial charge on any atom is -0.441 e. The van der Waals surface area contributed by atoms with E-state index in [0.29, 0.717) is 49.4 Å². The summed E-state index contributed by atoms with van der Waals surface area (Å²) in [7, 11) is 1.75. The van der Waals surface area contributed by atoms with E-state index in [9.17, 15) is 9.59 Å². The van der Waals surface area contributed by atoms with Crippen molar-refractivity contribution in [1.29, 1.82) is 0 Å². The molecule has 8 nitrogen and oxygen atoms in total. The average Bonchev–Trinajstić information content (AvgIpc) is 3.33. The molecule has 0 atom stereocenters. The number of pyridine rings is 1. The monoisotopic (exact) mass is 370 g/mol. The SMILES string of the molecule is Cc1noc2nc3c(c(C(=O)N4CCC5(CC4)CN(C)C(=O)O5)c12)CCC3. The zero-order valence-corrected chi connectivity index (χ0v) is 15.6. The molecule has 0 bridgehead atoms. The largest absolute Gasteiger partial charge is 0.441 e. The number of likely N-dealkylation sites (N-methyl/N-ethyl adjacent to an activating group) is 1. The van der Waals surface area contributed by atoms with E-state index in [0.717, 1.165) is 35.9 Å². The van der Waals surface area contributed by atoms with Gasteiger partial charge in [0.25, 0.3) is 11.6 Å². The summed E-state index contributed by atoms with van der Waals surface area (Å²) >= 11 is 0. The van der Waals surface area contributed by atoms with Crippen molar-refractivity contribution in [3.8, 4) is 0 Å². The fourth-order valence-electron chi connectivity index (χ4n) is 4.68. The van der Waals surface area contributed by atoms with Crippen LogP contribution in [0.25, 0.3) is 11.1 Å². The van der Waals surface area contributed by atoms with E-state index in [1.165, 1.54) is 0 Å². The molecule has 2 aliphatic heterocycles. The Kier molecular flexibility index (Phi) is 3.47. The van der Waals surface area contributed by atoms with Gasteiger partial charge in [0.2, 0.25) is 0 Å². The third kappa shape index (κ3) is 2.42. The van der Waals surface area contributed by atoms with Crippen molar-refractivity contribution in [3.05, 3.63) is 22.5 Å². The Morgan fingerprint density at radius 1 is 1.22 bits per heavy atom. The second-order valence-corrected chi connectivity index (χ2v) is 7.91. The van der Waals surface area contributed by atoms with Crippen LogP contribution in [0.2, 0.25) is 0 Å². The van der Waals surface area contributed by atoms with Gasteiger partial charge >= 0.3 is 6.09 Å². The van der Waals surface area contributed by atoms with E-state index in [1.807, 2.05) is 11.8 Å². The molecule has 2 aromatic rings. The number of likely N-dealkylation sites (tertiary alicyclic amines) is 1. The molecule has 8 heteroatoms. The number of ether oxygens (including phenoxy) is 1. The number of fused-ring (bicyclic) bond motifs is 2. The molecule has 0 aromatic carbocycles. The molecule has 5 rings (SSSR count). The fraction of sp³-hybridized carbons (Fsp3) is 0.579. The Labute approximate surface area is 156 Å². The third-order valence-electron chi connectivity index (χ3n) is 6.14. The lowest BCUT2D eigenvalue weighted by atomic mass is 9.90. The van der Waals surface area contributed by atoms with Gasteiger partial charge < -0.3 is 19.1 Å². The highest BCUT2D eigenvalue weighted by Gasteiger charge is 2.46. The predicted octanol–water partition coefficient (Wildman–Crippen LogP) is 2.08. The molecule has 2 fully saturated rings. The van der Waals surface area contributed by atoms with Crippen LogP contribution in [0.4, 0.5) is 4.79 Å². The Morgan fingerprint density at radius 2 is 2.00 bits per heavy atom. The predicted molar refractivity (Wildman–Crippen MR) is 95.5 cm³/mol. The molecule has 0 N–H and O–H groups in total. The van der Waals surface area contributed by atoms with Gasteiger partial charge in [0.1, 0.15) is 5.60 Å². The fourth-order valence-corrected chi connectivity index (χ4v) is 4.68. The number of amides is 2.